The average Bonchev–Trinajstić information content (AvgIpc) is 2.86. The maximum atomic E-state index is 12.3. The van der Waals surface area contributed by atoms with E-state index in [0.717, 1.165) is 12.2 Å². The van der Waals surface area contributed by atoms with Crippen LogP contribution < -0.4 is 10.6 Å². The van der Waals surface area contributed by atoms with Crippen LogP contribution in [0.4, 0.5) is 4.79 Å². The molecule has 0 radical (unpaired) electrons. The number of benzene rings is 1. The van der Waals surface area contributed by atoms with Crippen LogP contribution in [-0.4, -0.2) is 26.3 Å². The van der Waals surface area contributed by atoms with Gasteiger partial charge in [0.1, 0.15) is 6.33 Å². The quantitative estimate of drug-likeness (QED) is 0.890. The van der Waals surface area contributed by atoms with Gasteiger partial charge in [-0.3, -0.25) is 0 Å². The van der Waals surface area contributed by atoms with Gasteiger partial charge < -0.3 is 15.2 Å². The molecule has 2 amide bonds. The fourth-order valence-corrected chi connectivity index (χ4v) is 2.62. The lowest BCUT2D eigenvalue weighted by molar-refractivity contribution is 0.226. The van der Waals surface area contributed by atoms with Crippen molar-refractivity contribution in [2.45, 2.75) is 45.7 Å². The van der Waals surface area contributed by atoms with Crippen LogP contribution in [0.15, 0.2) is 30.6 Å². The van der Waals surface area contributed by atoms with Crippen LogP contribution in [0, 0.1) is 6.92 Å². The summed E-state index contributed by atoms with van der Waals surface area (Å²) in [4.78, 5) is 12.3. The van der Waals surface area contributed by atoms with Gasteiger partial charge in [0.15, 0.2) is 5.82 Å². The van der Waals surface area contributed by atoms with Crippen molar-refractivity contribution in [1.82, 2.24) is 25.4 Å². The Morgan fingerprint density at radius 1 is 1.35 bits per heavy atom. The van der Waals surface area contributed by atoms with Gasteiger partial charge in [-0.2, -0.15) is 0 Å². The first-order chi connectivity index (χ1) is 10.8. The molecule has 0 saturated heterocycles. The minimum Gasteiger partial charge on any atom is -0.333 e. The molecule has 0 fully saturated rings. The summed E-state index contributed by atoms with van der Waals surface area (Å²) in [6.07, 6.45) is 2.39. The van der Waals surface area contributed by atoms with E-state index in [9.17, 15) is 4.79 Å². The maximum absolute atomic E-state index is 12.3. The summed E-state index contributed by atoms with van der Waals surface area (Å²) in [5.41, 5.74) is 2.12. The molecule has 0 unspecified atom stereocenters. The topological polar surface area (TPSA) is 71.8 Å². The normalized spacial score (nSPS) is 12.7. The van der Waals surface area contributed by atoms with Gasteiger partial charge in [-0.15, -0.1) is 10.2 Å². The Morgan fingerprint density at radius 3 is 2.65 bits per heavy atom. The molecule has 0 bridgehead atoms. The Bertz CT molecular complexity index is 677. The zero-order valence-corrected chi connectivity index (χ0v) is 14.4. The number of amides is 2. The van der Waals surface area contributed by atoms with Crippen molar-refractivity contribution in [2.24, 2.45) is 7.05 Å². The third-order valence-electron chi connectivity index (χ3n) is 3.83. The second kappa shape index (κ2) is 6.81. The van der Waals surface area contributed by atoms with E-state index in [0.29, 0.717) is 0 Å². The van der Waals surface area contributed by atoms with Crippen LogP contribution in [-0.2, 0) is 13.5 Å². The Morgan fingerprint density at radius 2 is 2.04 bits per heavy atom. The average molecular weight is 315 g/mol. The number of carbonyl (C=O) groups excluding carboxylic acids is 1. The molecule has 2 aromatic rings. The summed E-state index contributed by atoms with van der Waals surface area (Å²) >= 11 is 0. The van der Waals surface area contributed by atoms with Crippen LogP contribution in [0.1, 0.15) is 43.8 Å². The SMILES string of the molecule is Cc1ccccc1CC(C)(C)NC(=O)N[C@H](C)c1nncn1C. The predicted molar refractivity (Wildman–Crippen MR) is 90.0 cm³/mol. The van der Waals surface area contributed by atoms with Crippen molar-refractivity contribution >= 4 is 6.03 Å². The lowest BCUT2D eigenvalue weighted by atomic mass is 9.92. The first kappa shape index (κ1) is 17.0. The van der Waals surface area contributed by atoms with E-state index in [4.69, 9.17) is 0 Å². The Hall–Kier alpha value is -2.37. The molecule has 0 aliphatic carbocycles. The summed E-state index contributed by atoms with van der Waals surface area (Å²) in [7, 11) is 1.85. The maximum Gasteiger partial charge on any atom is 0.315 e. The van der Waals surface area contributed by atoms with Crippen LogP contribution in [0.3, 0.4) is 0 Å². The predicted octanol–water partition coefficient (Wildman–Crippen LogP) is 2.51. The molecule has 6 heteroatoms. The largest absolute Gasteiger partial charge is 0.333 e. The molecule has 0 spiro atoms. The van der Waals surface area contributed by atoms with Crippen LogP contribution in [0.5, 0.6) is 0 Å². The fourth-order valence-electron chi connectivity index (χ4n) is 2.62. The molecular formula is C17H25N5O. The minimum absolute atomic E-state index is 0.209. The lowest BCUT2D eigenvalue weighted by Crippen LogP contribution is -2.50. The highest BCUT2D eigenvalue weighted by Gasteiger charge is 2.23. The van der Waals surface area contributed by atoms with Gasteiger partial charge in [0.2, 0.25) is 0 Å². The van der Waals surface area contributed by atoms with Crippen molar-refractivity contribution in [3.63, 3.8) is 0 Å². The van der Waals surface area contributed by atoms with Gasteiger partial charge in [-0.25, -0.2) is 4.79 Å². The van der Waals surface area contributed by atoms with Crippen molar-refractivity contribution < 1.29 is 4.79 Å². The Kier molecular flexibility index (Phi) is 5.03. The standard InChI is InChI=1S/C17H25N5O/c1-12-8-6-7-9-14(12)10-17(3,4)20-16(23)19-13(2)15-21-18-11-22(15)5/h6-9,11,13H,10H2,1-5H3,(H2,19,20,23)/t13-/m1/s1. The second-order valence-electron chi connectivity index (χ2n) is 6.61. The number of hydrogen-bond donors (Lipinski definition) is 2. The van der Waals surface area contributed by atoms with Gasteiger partial charge in [0, 0.05) is 12.6 Å². The van der Waals surface area contributed by atoms with Crippen LogP contribution in [0.25, 0.3) is 0 Å². The van der Waals surface area contributed by atoms with E-state index in [-0.39, 0.29) is 17.6 Å². The van der Waals surface area contributed by atoms with Gasteiger partial charge in [0.25, 0.3) is 0 Å². The first-order valence-corrected chi connectivity index (χ1v) is 7.75. The highest BCUT2D eigenvalue weighted by molar-refractivity contribution is 5.75. The van der Waals surface area contributed by atoms with Crippen molar-refractivity contribution in [3.8, 4) is 0 Å². The highest BCUT2D eigenvalue weighted by Crippen LogP contribution is 2.16. The van der Waals surface area contributed by atoms with Crippen LogP contribution >= 0.6 is 0 Å². The molecule has 124 valence electrons. The smallest absolute Gasteiger partial charge is 0.315 e. The number of aromatic nitrogens is 3. The second-order valence-corrected chi connectivity index (χ2v) is 6.61. The molecule has 0 saturated carbocycles. The molecule has 1 atom stereocenters. The first-order valence-electron chi connectivity index (χ1n) is 7.75. The molecular weight excluding hydrogens is 290 g/mol. The Balaban J connectivity index is 1.96. The highest BCUT2D eigenvalue weighted by atomic mass is 16.2. The molecule has 23 heavy (non-hydrogen) atoms. The molecule has 1 aromatic carbocycles. The number of hydrogen-bond acceptors (Lipinski definition) is 3. The zero-order valence-electron chi connectivity index (χ0n) is 14.4. The van der Waals surface area contributed by atoms with Crippen molar-refractivity contribution in [2.75, 3.05) is 0 Å². The number of nitrogens with one attached hydrogen (secondary N) is 2. The third kappa shape index (κ3) is 4.55. The van der Waals surface area contributed by atoms with E-state index < -0.39 is 0 Å². The monoisotopic (exact) mass is 315 g/mol. The third-order valence-corrected chi connectivity index (χ3v) is 3.83. The van der Waals surface area contributed by atoms with E-state index in [1.54, 1.807) is 10.9 Å². The van der Waals surface area contributed by atoms with Gasteiger partial charge >= 0.3 is 6.03 Å². The van der Waals surface area contributed by atoms with E-state index >= 15 is 0 Å². The number of carbonyl (C=O) groups is 1. The zero-order chi connectivity index (χ0) is 17.0. The van der Waals surface area contributed by atoms with E-state index in [2.05, 4.69) is 39.9 Å². The molecule has 6 nitrogen and oxygen atoms in total. The Labute approximate surface area is 137 Å². The number of nitrogens with zero attached hydrogens (tertiary/aromatic N) is 3. The molecule has 0 aliphatic heterocycles. The fraction of sp³-hybridized carbons (Fsp3) is 0.471. The summed E-state index contributed by atoms with van der Waals surface area (Å²) in [6.45, 7) is 8.01. The van der Waals surface area contributed by atoms with Gasteiger partial charge in [0.05, 0.1) is 6.04 Å². The minimum atomic E-state index is -0.351. The molecule has 2 N–H and O–H groups in total. The van der Waals surface area contributed by atoms with Gasteiger partial charge in [-0.1, -0.05) is 24.3 Å². The van der Waals surface area contributed by atoms with E-state index in [1.807, 2.05) is 40.0 Å². The van der Waals surface area contributed by atoms with E-state index in [1.165, 1.54) is 11.1 Å². The molecule has 0 aliphatic rings. The summed E-state index contributed by atoms with van der Waals surface area (Å²) in [5, 5.41) is 13.8. The summed E-state index contributed by atoms with van der Waals surface area (Å²) in [6, 6.07) is 7.81. The lowest BCUT2D eigenvalue weighted by Gasteiger charge is -2.28. The number of urea groups is 1. The molecule has 1 heterocycles. The number of rotatable bonds is 5. The van der Waals surface area contributed by atoms with Gasteiger partial charge in [-0.05, 0) is 45.2 Å². The summed E-state index contributed by atoms with van der Waals surface area (Å²) < 4.78 is 1.80. The van der Waals surface area contributed by atoms with Crippen molar-refractivity contribution in [3.05, 3.63) is 47.5 Å². The van der Waals surface area contributed by atoms with Crippen LogP contribution in [0.2, 0.25) is 0 Å². The molecule has 1 aromatic heterocycles. The number of aryl methyl sites for hydroxylation is 2. The summed E-state index contributed by atoms with van der Waals surface area (Å²) in [5.74, 6) is 0.719. The molecule has 2 rings (SSSR count). The van der Waals surface area contributed by atoms with Crippen molar-refractivity contribution in [1.29, 1.82) is 0 Å².